The van der Waals surface area contributed by atoms with Crippen molar-refractivity contribution in [2.75, 3.05) is 32.7 Å². The van der Waals surface area contributed by atoms with Gasteiger partial charge in [0.15, 0.2) is 0 Å². The van der Waals surface area contributed by atoms with Gasteiger partial charge in [0, 0.05) is 49.4 Å². The molecule has 2 aliphatic rings. The van der Waals surface area contributed by atoms with Crippen LogP contribution in [0.4, 0.5) is 0 Å². The summed E-state index contributed by atoms with van der Waals surface area (Å²) in [6, 6.07) is 8.43. The van der Waals surface area contributed by atoms with E-state index in [2.05, 4.69) is 9.80 Å². The highest BCUT2D eigenvalue weighted by Crippen LogP contribution is 2.28. The summed E-state index contributed by atoms with van der Waals surface area (Å²) >= 11 is 6.12. The average molecular weight is 281 g/mol. The number of halogens is 1. The van der Waals surface area contributed by atoms with Crippen LogP contribution in [0.3, 0.4) is 0 Å². The molecular weight excluding hydrogens is 260 g/mol. The first kappa shape index (κ1) is 13.4. The van der Waals surface area contributed by atoms with Crippen LogP contribution in [-0.2, 0) is 0 Å². The molecule has 1 heterocycles. The Kier molecular flexibility index (Phi) is 4.08. The van der Waals surface area contributed by atoms with Gasteiger partial charge in [-0.1, -0.05) is 29.8 Å². The number of piperazine rings is 1. The summed E-state index contributed by atoms with van der Waals surface area (Å²) < 4.78 is 0. The minimum absolute atomic E-state index is 0.485. The molecule has 104 valence electrons. The van der Waals surface area contributed by atoms with Crippen molar-refractivity contribution in [2.45, 2.75) is 25.0 Å². The molecule has 2 fully saturated rings. The molecule has 4 heteroatoms. The van der Waals surface area contributed by atoms with Crippen LogP contribution in [0.2, 0.25) is 5.02 Å². The molecule has 0 amide bonds. The lowest BCUT2D eigenvalue weighted by Crippen LogP contribution is -2.48. The Morgan fingerprint density at radius 1 is 1.16 bits per heavy atom. The lowest BCUT2D eigenvalue weighted by Gasteiger charge is -2.35. The van der Waals surface area contributed by atoms with Gasteiger partial charge < -0.3 is 5.11 Å². The van der Waals surface area contributed by atoms with Gasteiger partial charge in [-0.2, -0.15) is 0 Å². The predicted molar refractivity (Wildman–Crippen MR) is 77.4 cm³/mol. The Morgan fingerprint density at radius 3 is 2.47 bits per heavy atom. The average Bonchev–Trinajstić information content (AvgIpc) is 3.24. The van der Waals surface area contributed by atoms with Crippen molar-refractivity contribution in [3.63, 3.8) is 0 Å². The number of aliphatic hydroxyl groups excluding tert-OH is 1. The number of nitrogens with zero attached hydrogens (tertiary/aromatic N) is 2. The van der Waals surface area contributed by atoms with Gasteiger partial charge in [-0.05, 0) is 18.9 Å². The number of β-amino-alcohol motifs (C(OH)–C–C–N with tert-alkyl or cyclic N) is 1. The zero-order valence-corrected chi connectivity index (χ0v) is 11.9. The third kappa shape index (κ3) is 3.29. The van der Waals surface area contributed by atoms with E-state index in [0.29, 0.717) is 11.6 Å². The first-order valence-electron chi connectivity index (χ1n) is 7.13. The van der Waals surface area contributed by atoms with E-state index in [1.54, 1.807) is 0 Å². The summed E-state index contributed by atoms with van der Waals surface area (Å²) in [6.45, 7) is 5.07. The second-order valence-corrected chi connectivity index (χ2v) is 6.01. The monoisotopic (exact) mass is 280 g/mol. The zero-order chi connectivity index (χ0) is 13.2. The van der Waals surface area contributed by atoms with E-state index in [0.717, 1.165) is 37.8 Å². The van der Waals surface area contributed by atoms with E-state index in [1.165, 1.54) is 12.8 Å². The molecule has 3 nitrogen and oxygen atoms in total. The molecule has 1 N–H and O–H groups in total. The largest absolute Gasteiger partial charge is 0.387 e. The maximum atomic E-state index is 10.3. The van der Waals surface area contributed by atoms with Gasteiger partial charge in [0.05, 0.1) is 6.10 Å². The molecule has 3 rings (SSSR count). The summed E-state index contributed by atoms with van der Waals surface area (Å²) in [5.74, 6) is 0. The smallest absolute Gasteiger partial charge is 0.0931 e. The van der Waals surface area contributed by atoms with Crippen molar-refractivity contribution in [1.29, 1.82) is 0 Å². The minimum atomic E-state index is -0.485. The highest BCUT2D eigenvalue weighted by atomic mass is 35.5. The van der Waals surface area contributed by atoms with Gasteiger partial charge in [-0.25, -0.2) is 0 Å². The van der Waals surface area contributed by atoms with Gasteiger partial charge in [-0.15, -0.1) is 0 Å². The Morgan fingerprint density at radius 2 is 1.84 bits per heavy atom. The first-order chi connectivity index (χ1) is 9.24. The summed E-state index contributed by atoms with van der Waals surface area (Å²) in [4.78, 5) is 4.92. The Hall–Kier alpha value is -0.610. The second kappa shape index (κ2) is 5.80. The van der Waals surface area contributed by atoms with Crippen molar-refractivity contribution in [3.8, 4) is 0 Å². The summed E-state index contributed by atoms with van der Waals surface area (Å²) in [5, 5.41) is 11.0. The van der Waals surface area contributed by atoms with Crippen molar-refractivity contribution in [1.82, 2.24) is 9.80 Å². The molecule has 1 aliphatic carbocycles. The quantitative estimate of drug-likeness (QED) is 0.916. The van der Waals surface area contributed by atoms with Crippen LogP contribution >= 0.6 is 11.6 Å². The van der Waals surface area contributed by atoms with Crippen LogP contribution in [0.5, 0.6) is 0 Å². The highest BCUT2D eigenvalue weighted by molar-refractivity contribution is 6.31. The number of aliphatic hydroxyl groups is 1. The molecule has 0 radical (unpaired) electrons. The fraction of sp³-hybridized carbons (Fsp3) is 0.600. The number of rotatable bonds is 4. The van der Waals surface area contributed by atoms with Crippen molar-refractivity contribution in [3.05, 3.63) is 34.9 Å². The predicted octanol–water partition coefficient (Wildman–Crippen LogP) is 2.15. The van der Waals surface area contributed by atoms with E-state index in [-0.39, 0.29) is 0 Å². The Bertz CT molecular complexity index is 428. The van der Waals surface area contributed by atoms with Crippen LogP contribution in [0, 0.1) is 0 Å². The van der Waals surface area contributed by atoms with Gasteiger partial charge in [-0.3, -0.25) is 9.80 Å². The molecule has 1 aliphatic heterocycles. The maximum Gasteiger partial charge on any atom is 0.0931 e. The second-order valence-electron chi connectivity index (χ2n) is 5.61. The number of benzene rings is 1. The summed E-state index contributed by atoms with van der Waals surface area (Å²) in [6.07, 6.45) is 2.27. The molecule has 1 atom stereocenters. The SMILES string of the molecule is OC(CN1CCN(C2CC2)CC1)c1ccccc1Cl. The third-order valence-electron chi connectivity index (χ3n) is 4.17. The van der Waals surface area contributed by atoms with Crippen LogP contribution in [0.25, 0.3) is 0 Å². The molecule has 1 aromatic carbocycles. The van der Waals surface area contributed by atoms with E-state index in [9.17, 15) is 5.11 Å². The van der Waals surface area contributed by atoms with Gasteiger partial charge in [0.1, 0.15) is 0 Å². The molecule has 1 saturated carbocycles. The highest BCUT2D eigenvalue weighted by Gasteiger charge is 2.31. The maximum absolute atomic E-state index is 10.3. The molecular formula is C15H21ClN2O. The molecule has 19 heavy (non-hydrogen) atoms. The van der Waals surface area contributed by atoms with Crippen LogP contribution in [0.1, 0.15) is 24.5 Å². The van der Waals surface area contributed by atoms with Crippen LogP contribution in [-0.4, -0.2) is 53.7 Å². The standard InChI is InChI=1S/C15H21ClN2O/c16-14-4-2-1-3-13(14)15(19)11-17-7-9-18(10-8-17)12-5-6-12/h1-4,12,15,19H,5-11H2. The van der Waals surface area contributed by atoms with Crippen molar-refractivity contribution in [2.24, 2.45) is 0 Å². The molecule has 1 saturated heterocycles. The molecule has 1 aromatic rings. The van der Waals surface area contributed by atoms with E-state index in [1.807, 2.05) is 24.3 Å². The van der Waals surface area contributed by atoms with Gasteiger partial charge in [0.2, 0.25) is 0 Å². The third-order valence-corrected chi connectivity index (χ3v) is 4.51. The van der Waals surface area contributed by atoms with E-state index in [4.69, 9.17) is 11.6 Å². The van der Waals surface area contributed by atoms with Crippen molar-refractivity contribution >= 4 is 11.6 Å². The lowest BCUT2D eigenvalue weighted by molar-refractivity contribution is 0.0700. The summed E-state index contributed by atoms with van der Waals surface area (Å²) in [5.41, 5.74) is 0.841. The molecule has 0 aromatic heterocycles. The first-order valence-corrected chi connectivity index (χ1v) is 7.51. The molecule has 0 bridgehead atoms. The fourth-order valence-corrected chi connectivity index (χ4v) is 3.10. The lowest BCUT2D eigenvalue weighted by atomic mass is 10.1. The van der Waals surface area contributed by atoms with E-state index < -0.39 is 6.10 Å². The van der Waals surface area contributed by atoms with Gasteiger partial charge >= 0.3 is 0 Å². The van der Waals surface area contributed by atoms with Crippen LogP contribution < -0.4 is 0 Å². The minimum Gasteiger partial charge on any atom is -0.387 e. The summed E-state index contributed by atoms with van der Waals surface area (Å²) in [7, 11) is 0. The zero-order valence-electron chi connectivity index (χ0n) is 11.1. The fourth-order valence-electron chi connectivity index (χ4n) is 2.84. The van der Waals surface area contributed by atoms with Crippen LogP contribution in [0.15, 0.2) is 24.3 Å². The molecule has 0 spiro atoms. The normalized spacial score (nSPS) is 23.5. The van der Waals surface area contributed by atoms with Crippen molar-refractivity contribution < 1.29 is 5.11 Å². The number of hydrogen-bond acceptors (Lipinski definition) is 3. The topological polar surface area (TPSA) is 26.7 Å². The number of hydrogen-bond donors (Lipinski definition) is 1. The molecule has 1 unspecified atom stereocenters. The van der Waals surface area contributed by atoms with E-state index >= 15 is 0 Å². The Balaban J connectivity index is 1.52. The van der Waals surface area contributed by atoms with Gasteiger partial charge in [0.25, 0.3) is 0 Å². The Labute approximate surface area is 119 Å².